The molecule has 0 aliphatic carbocycles. The van der Waals surface area contributed by atoms with Gasteiger partial charge in [0.2, 0.25) is 23.6 Å². The molecular formula is C16H29N5O6S. The number of aliphatic carboxylic acids is 1. The summed E-state index contributed by atoms with van der Waals surface area (Å²) in [6.07, 6.45) is -0.0248. The first-order chi connectivity index (χ1) is 13.0. The van der Waals surface area contributed by atoms with Crippen molar-refractivity contribution in [1.82, 2.24) is 16.0 Å². The zero-order valence-corrected chi connectivity index (χ0v) is 16.8. The third-order valence-electron chi connectivity index (χ3n) is 3.61. The summed E-state index contributed by atoms with van der Waals surface area (Å²) in [4.78, 5) is 58.2. The molecule has 0 spiro atoms. The number of carboxylic acid groups (broad SMARTS) is 1. The molecule has 0 radical (unpaired) electrons. The summed E-state index contributed by atoms with van der Waals surface area (Å²) < 4.78 is 0. The predicted molar refractivity (Wildman–Crippen MR) is 104 cm³/mol. The molecule has 12 heteroatoms. The lowest BCUT2D eigenvalue weighted by Crippen LogP contribution is -2.54. The zero-order chi connectivity index (χ0) is 21.9. The maximum atomic E-state index is 12.3. The van der Waals surface area contributed by atoms with Gasteiger partial charge in [-0.1, -0.05) is 13.8 Å². The molecule has 0 fully saturated rings. The van der Waals surface area contributed by atoms with Crippen molar-refractivity contribution in [3.8, 4) is 0 Å². The fourth-order valence-electron chi connectivity index (χ4n) is 2.15. The van der Waals surface area contributed by atoms with Gasteiger partial charge in [0.1, 0.15) is 12.1 Å². The molecule has 8 N–H and O–H groups in total. The second kappa shape index (κ2) is 12.9. The minimum Gasteiger partial charge on any atom is -0.480 e. The second-order valence-corrected chi connectivity index (χ2v) is 7.03. The van der Waals surface area contributed by atoms with Crippen LogP contribution >= 0.6 is 12.6 Å². The van der Waals surface area contributed by atoms with E-state index in [1.807, 2.05) is 13.8 Å². The molecule has 160 valence electrons. The molecule has 0 aromatic rings. The SMILES string of the molecule is CC(C)CC(NC(=O)CNC(=O)C(CCC(N)=O)NC(=O)C(N)CS)C(=O)O. The van der Waals surface area contributed by atoms with Gasteiger partial charge in [-0.25, -0.2) is 4.79 Å². The topological polar surface area (TPSA) is 194 Å². The molecule has 0 aromatic heterocycles. The highest BCUT2D eigenvalue weighted by Gasteiger charge is 2.25. The number of nitrogens with two attached hydrogens (primary N) is 2. The van der Waals surface area contributed by atoms with Crippen molar-refractivity contribution in [2.24, 2.45) is 17.4 Å². The molecule has 0 aliphatic rings. The van der Waals surface area contributed by atoms with E-state index >= 15 is 0 Å². The fourth-order valence-corrected chi connectivity index (χ4v) is 2.31. The third kappa shape index (κ3) is 10.7. The van der Waals surface area contributed by atoms with Crippen LogP contribution in [0.15, 0.2) is 0 Å². The Balaban J connectivity index is 4.82. The summed E-state index contributed by atoms with van der Waals surface area (Å²) in [5, 5.41) is 16.1. The van der Waals surface area contributed by atoms with Gasteiger partial charge >= 0.3 is 5.97 Å². The van der Waals surface area contributed by atoms with Gasteiger partial charge in [0.15, 0.2) is 0 Å². The van der Waals surface area contributed by atoms with Crippen LogP contribution in [-0.2, 0) is 24.0 Å². The summed E-state index contributed by atoms with van der Waals surface area (Å²) in [6, 6.07) is -3.17. The number of thiol groups is 1. The number of primary amides is 1. The van der Waals surface area contributed by atoms with Crippen molar-refractivity contribution in [1.29, 1.82) is 0 Å². The molecule has 11 nitrogen and oxygen atoms in total. The molecule has 0 saturated carbocycles. The quantitative estimate of drug-likeness (QED) is 0.163. The predicted octanol–water partition coefficient (Wildman–Crippen LogP) is -2.27. The number of carbonyl (C=O) groups excluding carboxylic acids is 4. The Morgan fingerprint density at radius 2 is 1.64 bits per heavy atom. The summed E-state index contributed by atoms with van der Waals surface area (Å²) in [5.41, 5.74) is 10.6. The van der Waals surface area contributed by atoms with Crippen molar-refractivity contribution in [3.05, 3.63) is 0 Å². The smallest absolute Gasteiger partial charge is 0.326 e. The molecule has 0 rings (SSSR count). The Hall–Kier alpha value is -2.34. The van der Waals surface area contributed by atoms with E-state index in [0.29, 0.717) is 0 Å². The van der Waals surface area contributed by atoms with Gasteiger partial charge in [-0.2, -0.15) is 12.6 Å². The average molecular weight is 420 g/mol. The van der Waals surface area contributed by atoms with E-state index in [-0.39, 0.29) is 30.9 Å². The maximum absolute atomic E-state index is 12.3. The van der Waals surface area contributed by atoms with Gasteiger partial charge in [0.05, 0.1) is 12.6 Å². The number of hydrogen-bond donors (Lipinski definition) is 7. The van der Waals surface area contributed by atoms with Crippen molar-refractivity contribution in [2.75, 3.05) is 12.3 Å². The Morgan fingerprint density at radius 1 is 1.04 bits per heavy atom. The first-order valence-corrected chi connectivity index (χ1v) is 9.36. The monoisotopic (exact) mass is 419 g/mol. The van der Waals surface area contributed by atoms with Crippen LogP contribution in [0.5, 0.6) is 0 Å². The van der Waals surface area contributed by atoms with Gasteiger partial charge in [-0.3, -0.25) is 19.2 Å². The van der Waals surface area contributed by atoms with E-state index in [4.69, 9.17) is 16.6 Å². The van der Waals surface area contributed by atoms with Crippen LogP contribution in [0.1, 0.15) is 33.1 Å². The molecule has 28 heavy (non-hydrogen) atoms. The first kappa shape index (κ1) is 25.7. The van der Waals surface area contributed by atoms with Crippen molar-refractivity contribution in [2.45, 2.75) is 51.2 Å². The van der Waals surface area contributed by atoms with E-state index < -0.39 is 54.3 Å². The fraction of sp³-hybridized carbons (Fsp3) is 0.688. The molecule has 3 atom stereocenters. The van der Waals surface area contributed by atoms with E-state index in [1.165, 1.54) is 0 Å². The van der Waals surface area contributed by atoms with Crippen molar-refractivity contribution >= 4 is 42.2 Å². The normalized spacial score (nSPS) is 13.9. The third-order valence-corrected chi connectivity index (χ3v) is 4.00. The molecule has 3 unspecified atom stereocenters. The Bertz CT molecular complexity index is 586. The Kier molecular flexibility index (Phi) is 11.9. The van der Waals surface area contributed by atoms with Crippen LogP contribution < -0.4 is 27.4 Å². The maximum Gasteiger partial charge on any atom is 0.326 e. The van der Waals surface area contributed by atoms with E-state index in [0.717, 1.165) is 0 Å². The standard InChI is InChI=1S/C16H29N5O6S/c1-8(2)5-11(16(26)27)20-13(23)6-19-15(25)10(3-4-12(18)22)21-14(24)9(17)7-28/h8-11,28H,3-7,17H2,1-2H3,(H2,18,22)(H,19,25)(H,20,23)(H,21,24)(H,26,27). The summed E-state index contributed by atoms with van der Waals surface area (Å²) >= 11 is 3.89. The van der Waals surface area contributed by atoms with E-state index in [2.05, 4.69) is 28.6 Å². The van der Waals surface area contributed by atoms with Crippen molar-refractivity contribution in [3.63, 3.8) is 0 Å². The highest BCUT2D eigenvalue weighted by molar-refractivity contribution is 7.80. The number of hydrogen-bond acceptors (Lipinski definition) is 7. The lowest BCUT2D eigenvalue weighted by Gasteiger charge is -2.20. The Labute approximate surface area is 168 Å². The average Bonchev–Trinajstić information content (AvgIpc) is 2.60. The van der Waals surface area contributed by atoms with Crippen LogP contribution in [0, 0.1) is 5.92 Å². The van der Waals surface area contributed by atoms with Gasteiger partial charge in [-0.05, 0) is 18.8 Å². The minimum absolute atomic E-state index is 0.0421. The van der Waals surface area contributed by atoms with Gasteiger partial charge in [-0.15, -0.1) is 0 Å². The second-order valence-electron chi connectivity index (χ2n) is 6.66. The molecule has 0 bridgehead atoms. The lowest BCUT2D eigenvalue weighted by atomic mass is 10.0. The van der Waals surface area contributed by atoms with Crippen LogP contribution in [0.2, 0.25) is 0 Å². The molecule has 0 heterocycles. The minimum atomic E-state index is -1.18. The van der Waals surface area contributed by atoms with Crippen LogP contribution in [-0.4, -0.2) is 65.1 Å². The highest BCUT2D eigenvalue weighted by atomic mass is 32.1. The van der Waals surface area contributed by atoms with Gasteiger partial charge in [0, 0.05) is 12.2 Å². The summed E-state index contributed by atoms with van der Waals surface area (Å²) in [7, 11) is 0. The van der Waals surface area contributed by atoms with Gasteiger partial charge in [0.25, 0.3) is 0 Å². The molecule has 0 saturated heterocycles. The van der Waals surface area contributed by atoms with Crippen LogP contribution in [0.3, 0.4) is 0 Å². The number of nitrogens with one attached hydrogen (secondary N) is 3. The molecule has 0 aromatic carbocycles. The lowest BCUT2D eigenvalue weighted by molar-refractivity contribution is -0.142. The number of carbonyl (C=O) groups is 5. The Morgan fingerprint density at radius 3 is 2.11 bits per heavy atom. The summed E-state index contributed by atoms with van der Waals surface area (Å²) in [6.45, 7) is 3.12. The summed E-state index contributed by atoms with van der Waals surface area (Å²) in [5.74, 6) is -3.83. The highest BCUT2D eigenvalue weighted by Crippen LogP contribution is 2.05. The number of amides is 4. The largest absolute Gasteiger partial charge is 0.480 e. The van der Waals surface area contributed by atoms with Crippen LogP contribution in [0.25, 0.3) is 0 Å². The van der Waals surface area contributed by atoms with E-state index in [1.54, 1.807) is 0 Å². The molecule has 4 amide bonds. The molecule has 0 aliphatic heterocycles. The zero-order valence-electron chi connectivity index (χ0n) is 15.9. The molecular weight excluding hydrogens is 390 g/mol. The van der Waals surface area contributed by atoms with Crippen LogP contribution in [0.4, 0.5) is 0 Å². The first-order valence-electron chi connectivity index (χ1n) is 8.72. The number of carboxylic acids is 1. The van der Waals surface area contributed by atoms with E-state index in [9.17, 15) is 24.0 Å². The van der Waals surface area contributed by atoms with Gasteiger partial charge < -0.3 is 32.5 Å². The van der Waals surface area contributed by atoms with Crippen molar-refractivity contribution < 1.29 is 29.1 Å². The number of rotatable bonds is 13.